The molecule has 0 bridgehead atoms. The van der Waals surface area contributed by atoms with Crippen LogP contribution in [0.25, 0.3) is 16.7 Å². The fourth-order valence-corrected chi connectivity index (χ4v) is 3.36. The molecule has 0 atom stereocenters. The number of aromatic nitrogens is 3. The van der Waals surface area contributed by atoms with Crippen LogP contribution >= 0.6 is 0 Å². The van der Waals surface area contributed by atoms with Gasteiger partial charge in [-0.2, -0.15) is 0 Å². The summed E-state index contributed by atoms with van der Waals surface area (Å²) in [6.45, 7) is 2.41. The Kier molecular flexibility index (Phi) is 4.50. The molecule has 0 aliphatic carbocycles. The van der Waals surface area contributed by atoms with E-state index in [1.54, 1.807) is 15.4 Å². The number of hydrogen-bond acceptors (Lipinski definition) is 3. The molecule has 0 amide bonds. The fourth-order valence-electron chi connectivity index (χ4n) is 3.36. The van der Waals surface area contributed by atoms with Crippen molar-refractivity contribution in [3.63, 3.8) is 0 Å². The van der Waals surface area contributed by atoms with E-state index < -0.39 is 0 Å². The van der Waals surface area contributed by atoms with E-state index in [1.165, 1.54) is 0 Å². The quantitative estimate of drug-likeness (QED) is 0.588. The first-order valence-electron chi connectivity index (χ1n) is 9.12. The maximum Gasteiger partial charge on any atom is 0.259 e. The zero-order valence-electron chi connectivity index (χ0n) is 15.2. The van der Waals surface area contributed by atoms with E-state index in [2.05, 4.69) is 5.10 Å². The third-order valence-corrected chi connectivity index (χ3v) is 4.70. The Balaban J connectivity index is 1.96. The van der Waals surface area contributed by atoms with Crippen molar-refractivity contribution in [2.45, 2.75) is 26.3 Å². The molecular formula is C22H21N3O2. The summed E-state index contributed by atoms with van der Waals surface area (Å²) in [7, 11) is 0. The summed E-state index contributed by atoms with van der Waals surface area (Å²) in [5.74, 6) is 0.0448. The van der Waals surface area contributed by atoms with Gasteiger partial charge in [0.2, 0.25) is 0 Å². The highest BCUT2D eigenvalue weighted by Crippen LogP contribution is 2.28. The van der Waals surface area contributed by atoms with Crippen molar-refractivity contribution >= 4 is 11.0 Å². The molecule has 0 radical (unpaired) electrons. The minimum Gasteiger partial charge on any atom is -0.507 e. The molecule has 2 aromatic carbocycles. The Labute approximate surface area is 157 Å². The van der Waals surface area contributed by atoms with Crippen LogP contribution in [0.3, 0.4) is 0 Å². The van der Waals surface area contributed by atoms with Crippen molar-refractivity contribution in [1.82, 2.24) is 14.3 Å². The smallest absolute Gasteiger partial charge is 0.259 e. The molecule has 2 heterocycles. The highest BCUT2D eigenvalue weighted by atomic mass is 16.3. The molecule has 27 heavy (non-hydrogen) atoms. The molecule has 1 N–H and O–H groups in total. The SMILES string of the molecule is CCCc1c(O)c2cn(-c3ccccc3)nc2n(Cc2ccccc2)c1=O. The second-order valence-corrected chi connectivity index (χ2v) is 6.60. The van der Waals surface area contributed by atoms with Gasteiger partial charge < -0.3 is 5.11 Å². The molecule has 0 saturated carbocycles. The van der Waals surface area contributed by atoms with Crippen LogP contribution in [0.5, 0.6) is 5.75 Å². The van der Waals surface area contributed by atoms with Gasteiger partial charge in [0.15, 0.2) is 5.65 Å². The van der Waals surface area contributed by atoms with Gasteiger partial charge in [-0.05, 0) is 24.1 Å². The molecule has 0 aliphatic rings. The summed E-state index contributed by atoms with van der Waals surface area (Å²) < 4.78 is 3.37. The lowest BCUT2D eigenvalue weighted by Crippen LogP contribution is -2.25. The van der Waals surface area contributed by atoms with Crippen molar-refractivity contribution in [3.8, 4) is 11.4 Å². The van der Waals surface area contributed by atoms with Crippen LogP contribution in [-0.4, -0.2) is 19.5 Å². The molecule has 5 heteroatoms. The Bertz CT molecular complexity index is 1130. The van der Waals surface area contributed by atoms with Crippen molar-refractivity contribution in [1.29, 1.82) is 0 Å². The fraction of sp³-hybridized carbons (Fsp3) is 0.182. The summed E-state index contributed by atoms with van der Waals surface area (Å²) in [5.41, 5.74) is 2.66. The van der Waals surface area contributed by atoms with Gasteiger partial charge in [0.25, 0.3) is 5.56 Å². The Morgan fingerprint density at radius 3 is 2.33 bits per heavy atom. The molecule has 0 fully saturated rings. The average molecular weight is 359 g/mol. The summed E-state index contributed by atoms with van der Waals surface area (Å²) in [4.78, 5) is 13.1. The predicted molar refractivity (Wildman–Crippen MR) is 107 cm³/mol. The van der Waals surface area contributed by atoms with Crippen molar-refractivity contribution in [2.75, 3.05) is 0 Å². The lowest BCUT2D eigenvalue weighted by Gasteiger charge is -2.11. The number of rotatable bonds is 5. The molecule has 4 aromatic rings. The average Bonchev–Trinajstić information content (AvgIpc) is 3.16. The summed E-state index contributed by atoms with van der Waals surface area (Å²) >= 11 is 0. The Hall–Kier alpha value is -3.34. The van der Waals surface area contributed by atoms with Crippen LogP contribution in [0.15, 0.2) is 71.7 Å². The normalized spacial score (nSPS) is 11.1. The van der Waals surface area contributed by atoms with E-state index in [0.29, 0.717) is 29.6 Å². The highest BCUT2D eigenvalue weighted by molar-refractivity contribution is 5.83. The van der Waals surface area contributed by atoms with Gasteiger partial charge in [0, 0.05) is 6.20 Å². The van der Waals surface area contributed by atoms with Crippen LogP contribution in [0, 0.1) is 0 Å². The molecule has 4 rings (SSSR count). The van der Waals surface area contributed by atoms with Crippen molar-refractivity contribution < 1.29 is 5.11 Å². The number of fused-ring (bicyclic) bond motifs is 1. The van der Waals surface area contributed by atoms with Crippen LogP contribution in [-0.2, 0) is 13.0 Å². The first-order valence-corrected chi connectivity index (χ1v) is 9.12. The highest BCUT2D eigenvalue weighted by Gasteiger charge is 2.19. The zero-order chi connectivity index (χ0) is 18.8. The van der Waals surface area contributed by atoms with Crippen LogP contribution in [0.4, 0.5) is 0 Å². The number of pyridine rings is 1. The topological polar surface area (TPSA) is 60.0 Å². The molecule has 2 aromatic heterocycles. The van der Waals surface area contributed by atoms with E-state index in [4.69, 9.17) is 0 Å². The molecule has 0 spiro atoms. The Morgan fingerprint density at radius 1 is 1.00 bits per heavy atom. The van der Waals surface area contributed by atoms with E-state index in [1.807, 2.05) is 67.6 Å². The van der Waals surface area contributed by atoms with Crippen LogP contribution in [0.2, 0.25) is 0 Å². The minimum atomic E-state index is -0.177. The zero-order valence-corrected chi connectivity index (χ0v) is 15.2. The molecule has 136 valence electrons. The third-order valence-electron chi connectivity index (χ3n) is 4.70. The first kappa shape index (κ1) is 17.1. The minimum absolute atomic E-state index is 0.0448. The van der Waals surface area contributed by atoms with Gasteiger partial charge >= 0.3 is 0 Å². The number of hydrogen-bond donors (Lipinski definition) is 1. The lowest BCUT2D eigenvalue weighted by molar-refractivity contribution is 0.470. The second kappa shape index (κ2) is 7.11. The molecule has 5 nitrogen and oxygen atoms in total. The van der Waals surface area contributed by atoms with Gasteiger partial charge in [0.05, 0.1) is 23.2 Å². The van der Waals surface area contributed by atoms with E-state index in [0.717, 1.165) is 17.7 Å². The molecular weight excluding hydrogens is 338 g/mol. The summed E-state index contributed by atoms with van der Waals surface area (Å²) in [5, 5.41) is 16.0. The summed E-state index contributed by atoms with van der Waals surface area (Å²) in [6.07, 6.45) is 3.11. The largest absolute Gasteiger partial charge is 0.507 e. The number of aromatic hydroxyl groups is 1. The van der Waals surface area contributed by atoms with E-state index in [-0.39, 0.29) is 11.3 Å². The van der Waals surface area contributed by atoms with Gasteiger partial charge in [-0.25, -0.2) is 4.68 Å². The van der Waals surface area contributed by atoms with Gasteiger partial charge in [-0.15, -0.1) is 5.10 Å². The van der Waals surface area contributed by atoms with Gasteiger partial charge in [0.1, 0.15) is 5.75 Å². The van der Waals surface area contributed by atoms with Crippen molar-refractivity contribution in [3.05, 3.63) is 88.3 Å². The maximum atomic E-state index is 13.1. The summed E-state index contributed by atoms with van der Waals surface area (Å²) in [6, 6.07) is 19.5. The van der Waals surface area contributed by atoms with Crippen LogP contribution < -0.4 is 5.56 Å². The van der Waals surface area contributed by atoms with E-state index >= 15 is 0 Å². The van der Waals surface area contributed by atoms with Gasteiger partial charge in [-0.3, -0.25) is 9.36 Å². The molecule has 0 saturated heterocycles. The molecule has 0 aliphatic heterocycles. The standard InChI is InChI=1S/C22H21N3O2/c1-2-9-18-20(26)19-15-25(17-12-7-4-8-13-17)23-21(19)24(22(18)27)14-16-10-5-3-6-11-16/h3-8,10-13,15,26H,2,9,14H2,1H3. The first-order chi connectivity index (χ1) is 13.2. The second-order valence-electron chi connectivity index (χ2n) is 6.60. The predicted octanol–water partition coefficient (Wildman–Crippen LogP) is 3.89. The van der Waals surface area contributed by atoms with E-state index in [9.17, 15) is 9.90 Å². The monoisotopic (exact) mass is 359 g/mol. The third kappa shape index (κ3) is 3.12. The molecule has 0 unspecified atom stereocenters. The lowest BCUT2D eigenvalue weighted by atomic mass is 10.1. The van der Waals surface area contributed by atoms with Gasteiger partial charge in [-0.1, -0.05) is 61.9 Å². The Morgan fingerprint density at radius 2 is 1.67 bits per heavy atom. The number of benzene rings is 2. The number of para-hydroxylation sites is 1. The number of nitrogens with zero attached hydrogens (tertiary/aromatic N) is 3. The van der Waals surface area contributed by atoms with Crippen molar-refractivity contribution in [2.24, 2.45) is 0 Å². The maximum absolute atomic E-state index is 13.1. The van der Waals surface area contributed by atoms with Crippen LogP contribution in [0.1, 0.15) is 24.5 Å².